The second-order valence-corrected chi connectivity index (χ2v) is 8.50. The summed E-state index contributed by atoms with van der Waals surface area (Å²) in [4.78, 5) is 4.29. The van der Waals surface area contributed by atoms with E-state index < -0.39 is 10.0 Å². The van der Waals surface area contributed by atoms with Crippen LogP contribution in [0.3, 0.4) is 0 Å². The zero-order chi connectivity index (χ0) is 18.9. The molecular formula is C18H23N3O5S. The van der Waals surface area contributed by atoms with Crippen LogP contribution in [0.5, 0.6) is 11.5 Å². The maximum atomic E-state index is 12.9. The molecule has 1 aromatic heterocycles. The number of fused-ring (bicyclic) bond motifs is 1. The number of aryl methyl sites for hydroxylation is 1. The maximum absolute atomic E-state index is 12.9. The number of nitrogens with one attached hydrogen (secondary N) is 1. The predicted molar refractivity (Wildman–Crippen MR) is 97.3 cm³/mol. The van der Waals surface area contributed by atoms with Crippen LogP contribution in [0, 0.1) is 0 Å². The summed E-state index contributed by atoms with van der Waals surface area (Å²) >= 11 is 0. The lowest BCUT2D eigenvalue weighted by Crippen LogP contribution is -2.40. The Hall–Kier alpha value is -2.10. The quantitative estimate of drug-likeness (QED) is 0.851. The summed E-state index contributed by atoms with van der Waals surface area (Å²) in [7, 11) is -1.77. The van der Waals surface area contributed by atoms with E-state index >= 15 is 0 Å². The summed E-state index contributed by atoms with van der Waals surface area (Å²) in [5.74, 6) is 1.05. The highest BCUT2D eigenvalue weighted by Crippen LogP contribution is 2.33. The van der Waals surface area contributed by atoms with Gasteiger partial charge in [-0.2, -0.15) is 0 Å². The summed E-state index contributed by atoms with van der Waals surface area (Å²) in [5, 5.41) is 0. The van der Waals surface area contributed by atoms with Crippen LogP contribution in [-0.2, 0) is 21.8 Å². The van der Waals surface area contributed by atoms with E-state index in [-0.39, 0.29) is 17.0 Å². The highest BCUT2D eigenvalue weighted by molar-refractivity contribution is 7.89. The molecule has 2 aromatic rings. The van der Waals surface area contributed by atoms with E-state index in [1.165, 1.54) is 6.07 Å². The molecule has 0 spiro atoms. The monoisotopic (exact) mass is 393 g/mol. The van der Waals surface area contributed by atoms with E-state index in [0.29, 0.717) is 44.2 Å². The molecule has 1 N–H and O–H groups in total. The highest BCUT2D eigenvalue weighted by Gasteiger charge is 2.29. The standard InChI is InChI=1S/C18H23N3O5S/c1-21-12-19-11-15(21)17-9-13(5-8-26-17)20-27(22,23)14-3-4-16-18(10-14)25-7-2-6-24-16/h3-4,10-13,17,20H,2,5-9H2,1H3/t13-,17+/m1/s1. The lowest BCUT2D eigenvalue weighted by molar-refractivity contribution is -0.0000453. The molecule has 1 fully saturated rings. The summed E-state index contributed by atoms with van der Waals surface area (Å²) in [6.45, 7) is 1.56. The number of sulfonamides is 1. The van der Waals surface area contributed by atoms with Gasteiger partial charge in [0.25, 0.3) is 0 Å². The summed E-state index contributed by atoms with van der Waals surface area (Å²) < 4.78 is 47.4. The van der Waals surface area contributed by atoms with Crippen molar-refractivity contribution >= 4 is 10.0 Å². The molecule has 8 nitrogen and oxygen atoms in total. The third kappa shape index (κ3) is 3.95. The molecule has 3 heterocycles. The molecule has 1 saturated heterocycles. The van der Waals surface area contributed by atoms with Crippen molar-refractivity contribution in [1.82, 2.24) is 14.3 Å². The molecule has 0 bridgehead atoms. The van der Waals surface area contributed by atoms with E-state index in [2.05, 4.69) is 9.71 Å². The van der Waals surface area contributed by atoms with E-state index in [1.807, 2.05) is 11.6 Å². The second-order valence-electron chi connectivity index (χ2n) is 6.79. The van der Waals surface area contributed by atoms with E-state index in [0.717, 1.165) is 12.1 Å². The van der Waals surface area contributed by atoms with Gasteiger partial charge in [0, 0.05) is 32.2 Å². The average molecular weight is 393 g/mol. The minimum atomic E-state index is -3.67. The predicted octanol–water partition coefficient (Wildman–Crippen LogP) is 1.78. The van der Waals surface area contributed by atoms with Gasteiger partial charge < -0.3 is 18.8 Å². The van der Waals surface area contributed by atoms with Crippen molar-refractivity contribution in [1.29, 1.82) is 0 Å². The third-order valence-corrected chi connectivity index (χ3v) is 6.34. The van der Waals surface area contributed by atoms with Crippen LogP contribution >= 0.6 is 0 Å². The Morgan fingerprint density at radius 2 is 2.00 bits per heavy atom. The van der Waals surface area contributed by atoms with Crippen molar-refractivity contribution in [3.63, 3.8) is 0 Å². The Morgan fingerprint density at radius 1 is 1.19 bits per heavy atom. The highest BCUT2D eigenvalue weighted by atomic mass is 32.2. The molecule has 0 aliphatic carbocycles. The van der Waals surface area contributed by atoms with Gasteiger partial charge in [0.1, 0.15) is 6.10 Å². The number of hydrogen-bond donors (Lipinski definition) is 1. The molecule has 2 atom stereocenters. The van der Waals surface area contributed by atoms with Crippen LogP contribution in [0.2, 0.25) is 0 Å². The lowest BCUT2D eigenvalue weighted by Gasteiger charge is -2.30. The van der Waals surface area contributed by atoms with Crippen molar-refractivity contribution < 1.29 is 22.6 Å². The SMILES string of the molecule is Cn1cncc1[C@@H]1C[C@H](NS(=O)(=O)c2ccc3c(c2)OCCCO3)CCO1. The summed E-state index contributed by atoms with van der Waals surface area (Å²) in [6.07, 6.45) is 5.24. The Bertz CT molecular complexity index is 911. The van der Waals surface area contributed by atoms with Gasteiger partial charge in [-0.05, 0) is 25.0 Å². The van der Waals surface area contributed by atoms with Gasteiger partial charge in [-0.15, -0.1) is 0 Å². The van der Waals surface area contributed by atoms with Crippen LogP contribution in [0.4, 0.5) is 0 Å². The minimum Gasteiger partial charge on any atom is -0.490 e. The molecule has 0 radical (unpaired) electrons. The lowest BCUT2D eigenvalue weighted by atomic mass is 10.0. The molecule has 1 aromatic carbocycles. The molecule has 0 saturated carbocycles. The maximum Gasteiger partial charge on any atom is 0.240 e. The Kier molecular flexibility index (Phi) is 5.07. The van der Waals surface area contributed by atoms with Crippen LogP contribution < -0.4 is 14.2 Å². The third-order valence-electron chi connectivity index (χ3n) is 4.82. The van der Waals surface area contributed by atoms with Gasteiger partial charge in [-0.25, -0.2) is 18.1 Å². The van der Waals surface area contributed by atoms with Crippen molar-refractivity contribution in [2.75, 3.05) is 19.8 Å². The van der Waals surface area contributed by atoms with Gasteiger partial charge in [-0.1, -0.05) is 0 Å². The number of aromatic nitrogens is 2. The average Bonchev–Trinajstić information content (AvgIpc) is 2.94. The Balaban J connectivity index is 1.49. The molecular weight excluding hydrogens is 370 g/mol. The van der Waals surface area contributed by atoms with Crippen molar-refractivity contribution in [3.05, 3.63) is 36.4 Å². The zero-order valence-corrected chi connectivity index (χ0v) is 15.9. The van der Waals surface area contributed by atoms with Crippen LogP contribution in [0.25, 0.3) is 0 Å². The number of hydrogen-bond acceptors (Lipinski definition) is 6. The summed E-state index contributed by atoms with van der Waals surface area (Å²) in [5.41, 5.74) is 0.939. The fraction of sp³-hybridized carbons (Fsp3) is 0.500. The fourth-order valence-electron chi connectivity index (χ4n) is 3.39. The van der Waals surface area contributed by atoms with E-state index in [1.54, 1.807) is 24.7 Å². The molecule has 4 rings (SSSR count). The smallest absolute Gasteiger partial charge is 0.240 e. The topological polar surface area (TPSA) is 91.7 Å². The zero-order valence-electron chi connectivity index (χ0n) is 15.1. The number of benzene rings is 1. The molecule has 146 valence electrons. The van der Waals surface area contributed by atoms with Gasteiger partial charge >= 0.3 is 0 Å². The minimum absolute atomic E-state index is 0.176. The first kappa shape index (κ1) is 18.3. The van der Waals surface area contributed by atoms with Crippen molar-refractivity contribution in [3.8, 4) is 11.5 Å². The van der Waals surface area contributed by atoms with E-state index in [4.69, 9.17) is 14.2 Å². The van der Waals surface area contributed by atoms with Crippen molar-refractivity contribution in [2.24, 2.45) is 7.05 Å². The van der Waals surface area contributed by atoms with Gasteiger partial charge in [-0.3, -0.25) is 0 Å². The molecule has 9 heteroatoms. The number of imidazole rings is 1. The van der Waals surface area contributed by atoms with Gasteiger partial charge in [0.15, 0.2) is 11.5 Å². The van der Waals surface area contributed by atoms with Gasteiger partial charge in [0.2, 0.25) is 10.0 Å². The first-order chi connectivity index (χ1) is 13.0. The Morgan fingerprint density at radius 3 is 2.78 bits per heavy atom. The van der Waals surface area contributed by atoms with Crippen molar-refractivity contribution in [2.45, 2.75) is 36.3 Å². The first-order valence-corrected chi connectivity index (χ1v) is 10.5. The second kappa shape index (κ2) is 7.49. The largest absolute Gasteiger partial charge is 0.490 e. The fourth-order valence-corrected chi connectivity index (χ4v) is 4.68. The van der Waals surface area contributed by atoms with Crippen LogP contribution in [-0.4, -0.2) is 43.8 Å². The molecule has 27 heavy (non-hydrogen) atoms. The molecule has 0 unspecified atom stereocenters. The normalized spacial score (nSPS) is 23.0. The number of nitrogens with zero attached hydrogens (tertiary/aromatic N) is 2. The van der Waals surface area contributed by atoms with E-state index in [9.17, 15) is 8.42 Å². The molecule has 0 amide bonds. The number of ether oxygens (including phenoxy) is 3. The van der Waals surface area contributed by atoms with Gasteiger partial charge in [0.05, 0.1) is 36.3 Å². The Labute approximate surface area is 158 Å². The number of rotatable bonds is 4. The first-order valence-electron chi connectivity index (χ1n) is 9.03. The van der Waals surface area contributed by atoms with Crippen LogP contribution in [0.1, 0.15) is 31.1 Å². The van der Waals surface area contributed by atoms with Crippen LogP contribution in [0.15, 0.2) is 35.6 Å². The molecule has 2 aliphatic rings. The summed E-state index contributed by atoms with van der Waals surface area (Å²) in [6, 6.07) is 4.52. The molecule has 2 aliphatic heterocycles.